The second kappa shape index (κ2) is 3.22. The van der Waals surface area contributed by atoms with Gasteiger partial charge in [-0.1, -0.05) is 11.6 Å². The molecule has 1 aromatic carbocycles. The minimum absolute atomic E-state index is 0.361. The topological polar surface area (TPSA) is 23.8 Å². The zero-order valence-corrected chi connectivity index (χ0v) is 9.49. The molecule has 0 aromatic heterocycles. The van der Waals surface area contributed by atoms with E-state index in [9.17, 15) is 4.39 Å². The normalized spacial score (nSPS) is 17.6. The predicted molar refractivity (Wildman–Crippen MR) is 55.6 cm³/mol. The molecule has 72 valence electrons. The third-order valence-corrected chi connectivity index (χ3v) is 3.69. The maximum Gasteiger partial charge on any atom is 0.129 e. The molecule has 4 heteroatoms. The second-order valence-electron chi connectivity index (χ2n) is 3.44. The number of hydrogen-bond donors (Lipinski definition) is 0. The molecule has 0 bridgehead atoms. The SMILES string of the molecule is N#CC1(c2cc(Cl)c(Br)cc2F)CC1. The molecule has 0 unspecified atom stereocenters. The van der Waals surface area contributed by atoms with Gasteiger partial charge in [-0.15, -0.1) is 0 Å². The fraction of sp³-hybridized carbons (Fsp3) is 0.300. The summed E-state index contributed by atoms with van der Waals surface area (Å²) in [5, 5.41) is 9.37. The molecule has 1 aliphatic carbocycles. The van der Waals surface area contributed by atoms with Crippen LogP contribution in [0.2, 0.25) is 5.02 Å². The van der Waals surface area contributed by atoms with Gasteiger partial charge in [-0.3, -0.25) is 0 Å². The third-order valence-electron chi connectivity index (χ3n) is 2.49. The average molecular weight is 275 g/mol. The molecule has 1 aromatic rings. The van der Waals surface area contributed by atoms with Gasteiger partial charge in [0, 0.05) is 10.0 Å². The molecule has 0 amide bonds. The van der Waals surface area contributed by atoms with Gasteiger partial charge in [0.05, 0.1) is 16.5 Å². The molecule has 0 spiro atoms. The Labute approximate surface area is 94.6 Å². The van der Waals surface area contributed by atoms with Gasteiger partial charge in [-0.25, -0.2) is 4.39 Å². The van der Waals surface area contributed by atoms with Crippen molar-refractivity contribution in [2.75, 3.05) is 0 Å². The lowest BCUT2D eigenvalue weighted by molar-refractivity contribution is 0.598. The molecule has 0 N–H and O–H groups in total. The van der Waals surface area contributed by atoms with E-state index < -0.39 is 5.41 Å². The molecule has 0 aliphatic heterocycles. The van der Waals surface area contributed by atoms with Gasteiger partial charge in [-0.05, 0) is 40.9 Å². The standard InChI is InChI=1S/C10H6BrClFN/c11-7-4-9(13)6(3-8(7)12)10(5-14)1-2-10/h3-4H,1-2H2. The van der Waals surface area contributed by atoms with Gasteiger partial charge < -0.3 is 0 Å². The lowest BCUT2D eigenvalue weighted by atomic mass is 9.97. The molecule has 2 rings (SSSR count). The van der Waals surface area contributed by atoms with Crippen LogP contribution in [0.15, 0.2) is 16.6 Å². The number of nitrogens with zero attached hydrogens (tertiary/aromatic N) is 1. The average Bonchev–Trinajstić information content (AvgIpc) is 2.92. The number of nitriles is 1. The molecule has 1 aliphatic rings. The zero-order valence-electron chi connectivity index (χ0n) is 7.15. The predicted octanol–water partition coefficient (Wildman–Crippen LogP) is 3.80. The van der Waals surface area contributed by atoms with Crippen molar-refractivity contribution < 1.29 is 4.39 Å². The third kappa shape index (κ3) is 1.43. The van der Waals surface area contributed by atoms with Crippen LogP contribution in [-0.2, 0) is 5.41 Å². The first kappa shape index (κ1) is 9.95. The van der Waals surface area contributed by atoms with Gasteiger partial charge in [0.2, 0.25) is 0 Å². The van der Waals surface area contributed by atoms with E-state index in [-0.39, 0.29) is 5.82 Å². The van der Waals surface area contributed by atoms with Gasteiger partial charge in [0.15, 0.2) is 0 Å². The summed E-state index contributed by atoms with van der Waals surface area (Å²) in [6.45, 7) is 0. The number of rotatable bonds is 1. The summed E-state index contributed by atoms with van der Waals surface area (Å²) < 4.78 is 14.0. The maximum atomic E-state index is 13.5. The van der Waals surface area contributed by atoms with Gasteiger partial charge in [0.1, 0.15) is 5.82 Å². The smallest absolute Gasteiger partial charge is 0.129 e. The van der Waals surface area contributed by atoms with E-state index in [1.54, 1.807) is 0 Å². The van der Waals surface area contributed by atoms with Crippen molar-refractivity contribution in [2.24, 2.45) is 0 Å². The van der Waals surface area contributed by atoms with Crippen LogP contribution in [0, 0.1) is 17.1 Å². The molecule has 0 atom stereocenters. The van der Waals surface area contributed by atoms with E-state index in [1.165, 1.54) is 12.1 Å². The van der Waals surface area contributed by atoms with Crippen LogP contribution in [0.1, 0.15) is 18.4 Å². The summed E-state index contributed by atoms with van der Waals surface area (Å²) in [4.78, 5) is 0. The van der Waals surface area contributed by atoms with Crippen molar-refractivity contribution in [3.8, 4) is 6.07 Å². The highest BCUT2D eigenvalue weighted by Gasteiger charge is 2.46. The molecular formula is C10H6BrClFN. The van der Waals surface area contributed by atoms with Crippen LogP contribution in [0.3, 0.4) is 0 Å². The van der Waals surface area contributed by atoms with Gasteiger partial charge in [0.25, 0.3) is 0 Å². The molecule has 14 heavy (non-hydrogen) atoms. The van der Waals surface area contributed by atoms with Crippen LogP contribution >= 0.6 is 27.5 Å². The van der Waals surface area contributed by atoms with E-state index in [0.717, 1.165) is 12.8 Å². The van der Waals surface area contributed by atoms with E-state index in [1.807, 2.05) is 0 Å². The summed E-state index contributed by atoms with van der Waals surface area (Å²) in [5.41, 5.74) is -0.192. The van der Waals surface area contributed by atoms with Crippen LogP contribution in [-0.4, -0.2) is 0 Å². The Kier molecular flexibility index (Phi) is 2.29. The summed E-state index contributed by atoms with van der Waals surface area (Å²) in [6.07, 6.45) is 1.44. The van der Waals surface area contributed by atoms with Crippen LogP contribution in [0.25, 0.3) is 0 Å². The Morgan fingerprint density at radius 1 is 1.50 bits per heavy atom. The van der Waals surface area contributed by atoms with E-state index in [4.69, 9.17) is 16.9 Å². The van der Waals surface area contributed by atoms with E-state index in [2.05, 4.69) is 22.0 Å². The fourth-order valence-corrected chi connectivity index (χ4v) is 1.93. The van der Waals surface area contributed by atoms with Crippen molar-refractivity contribution in [2.45, 2.75) is 18.3 Å². The highest BCUT2D eigenvalue weighted by molar-refractivity contribution is 9.10. The number of halogens is 3. The molecule has 0 saturated heterocycles. The summed E-state index contributed by atoms with van der Waals surface area (Å²) >= 11 is 8.99. The fourth-order valence-electron chi connectivity index (χ4n) is 1.46. The van der Waals surface area contributed by atoms with Crippen molar-refractivity contribution in [3.05, 3.63) is 33.0 Å². The zero-order chi connectivity index (χ0) is 10.3. The van der Waals surface area contributed by atoms with Crippen molar-refractivity contribution in [1.82, 2.24) is 0 Å². The molecule has 1 saturated carbocycles. The molecule has 0 radical (unpaired) electrons. The quantitative estimate of drug-likeness (QED) is 0.715. The first-order valence-electron chi connectivity index (χ1n) is 4.15. The Hall–Kier alpha value is -0.590. The molecular weight excluding hydrogens is 268 g/mol. The minimum atomic E-state index is -0.617. The first-order chi connectivity index (χ1) is 6.59. The number of hydrogen-bond acceptors (Lipinski definition) is 1. The van der Waals surface area contributed by atoms with Crippen LogP contribution in [0.5, 0.6) is 0 Å². The monoisotopic (exact) mass is 273 g/mol. The van der Waals surface area contributed by atoms with Gasteiger partial charge >= 0.3 is 0 Å². The van der Waals surface area contributed by atoms with E-state index in [0.29, 0.717) is 15.1 Å². The minimum Gasteiger partial charge on any atom is -0.207 e. The summed E-state index contributed by atoms with van der Waals surface area (Å²) in [7, 11) is 0. The Morgan fingerprint density at radius 3 is 2.64 bits per heavy atom. The Balaban J connectivity index is 2.55. The molecule has 1 fully saturated rings. The maximum absolute atomic E-state index is 13.5. The Morgan fingerprint density at radius 2 is 2.14 bits per heavy atom. The first-order valence-corrected chi connectivity index (χ1v) is 5.32. The highest BCUT2D eigenvalue weighted by Crippen LogP contribution is 2.49. The number of benzene rings is 1. The van der Waals surface area contributed by atoms with Crippen LogP contribution in [0.4, 0.5) is 4.39 Å². The lowest BCUT2D eigenvalue weighted by Gasteiger charge is -2.08. The molecule has 0 heterocycles. The van der Waals surface area contributed by atoms with E-state index >= 15 is 0 Å². The lowest BCUT2D eigenvalue weighted by Crippen LogP contribution is -2.05. The molecule has 1 nitrogen and oxygen atoms in total. The van der Waals surface area contributed by atoms with Crippen molar-refractivity contribution >= 4 is 27.5 Å². The highest BCUT2D eigenvalue weighted by atomic mass is 79.9. The van der Waals surface area contributed by atoms with Crippen molar-refractivity contribution in [3.63, 3.8) is 0 Å². The van der Waals surface area contributed by atoms with Crippen LogP contribution < -0.4 is 0 Å². The Bertz CT molecular complexity index is 434. The largest absolute Gasteiger partial charge is 0.207 e. The summed E-state index contributed by atoms with van der Waals surface area (Å²) in [6, 6.07) is 5.00. The van der Waals surface area contributed by atoms with Crippen molar-refractivity contribution in [1.29, 1.82) is 5.26 Å². The summed E-state index contributed by atoms with van der Waals surface area (Å²) in [5.74, 6) is -0.361. The second-order valence-corrected chi connectivity index (χ2v) is 4.70. The van der Waals surface area contributed by atoms with Gasteiger partial charge in [-0.2, -0.15) is 5.26 Å².